The lowest BCUT2D eigenvalue weighted by Crippen LogP contribution is -2.61. The lowest BCUT2D eigenvalue weighted by Gasteiger charge is -2.56. The fourth-order valence-corrected chi connectivity index (χ4v) is 6.47. The number of anilines is 1. The maximum absolute atomic E-state index is 12.5. The number of carbonyl (C=O) groups is 3. The van der Waals surface area contributed by atoms with Gasteiger partial charge in [0.2, 0.25) is 5.91 Å². The first kappa shape index (κ1) is 23.8. The van der Waals surface area contributed by atoms with Crippen LogP contribution in [0.15, 0.2) is 18.2 Å². The third kappa shape index (κ3) is 5.98. The molecule has 4 aliphatic rings. The molecule has 0 aromatic heterocycles. The molecule has 4 saturated carbocycles. The van der Waals surface area contributed by atoms with E-state index in [1.807, 2.05) is 0 Å². The zero-order chi connectivity index (χ0) is 23.4. The number of rotatable bonds is 9. The van der Waals surface area contributed by atoms with E-state index in [0.29, 0.717) is 24.4 Å². The second-order valence-corrected chi connectivity index (χ2v) is 10.2. The second kappa shape index (κ2) is 10.3. The van der Waals surface area contributed by atoms with Crippen molar-refractivity contribution in [2.24, 2.45) is 17.8 Å². The molecule has 9 heteroatoms. The predicted octanol–water partition coefficient (Wildman–Crippen LogP) is 3.31. The Hall–Kier alpha value is -2.32. The van der Waals surface area contributed by atoms with E-state index in [1.54, 1.807) is 19.2 Å². The number of nitrogens with one attached hydrogen (secondary N) is 4. The first-order valence-electron chi connectivity index (χ1n) is 11.8. The quantitative estimate of drug-likeness (QED) is 0.410. The summed E-state index contributed by atoms with van der Waals surface area (Å²) in [7, 11) is 1.56. The smallest absolute Gasteiger partial charge is 0.315 e. The van der Waals surface area contributed by atoms with E-state index in [9.17, 15) is 14.4 Å². The van der Waals surface area contributed by atoms with E-state index in [1.165, 1.54) is 25.3 Å². The number of urea groups is 1. The van der Waals surface area contributed by atoms with Crippen LogP contribution in [0.4, 0.5) is 10.5 Å². The number of halogens is 1. The SMILES string of the molecule is COCCNC(=O)c1ccc(NC(=O)CCNC(=O)NC23CC4CC(CC(C4)C2)C3)cc1Cl. The summed E-state index contributed by atoms with van der Waals surface area (Å²) in [5.41, 5.74) is 0.778. The van der Waals surface area contributed by atoms with E-state index in [0.717, 1.165) is 37.0 Å². The molecule has 0 unspecified atom stereocenters. The molecule has 1 aromatic carbocycles. The maximum atomic E-state index is 12.5. The standard InChI is InChI=1S/C24H33ClN4O4/c1-33-7-6-26-22(31)19-3-2-18(11-20(19)25)28-21(30)4-5-27-23(32)29-24-12-15-8-16(13-24)10-17(9-15)14-24/h2-3,11,15-17H,4-10,12-14H2,1H3,(H,26,31)(H,28,30)(H2,27,29,32). The Morgan fingerprint density at radius 3 is 2.30 bits per heavy atom. The fraction of sp³-hybridized carbons (Fsp3) is 0.625. The predicted molar refractivity (Wildman–Crippen MR) is 126 cm³/mol. The normalized spacial score (nSPS) is 27.2. The van der Waals surface area contributed by atoms with Crippen molar-refractivity contribution in [2.45, 2.75) is 50.5 Å². The van der Waals surface area contributed by atoms with Gasteiger partial charge in [0.15, 0.2) is 0 Å². The molecule has 33 heavy (non-hydrogen) atoms. The molecule has 4 aliphatic carbocycles. The highest BCUT2D eigenvalue weighted by Gasteiger charge is 2.51. The molecule has 8 nitrogen and oxygen atoms in total. The van der Waals surface area contributed by atoms with Crippen LogP contribution in [0.1, 0.15) is 55.3 Å². The molecule has 4 N–H and O–H groups in total. The lowest BCUT2D eigenvalue weighted by molar-refractivity contribution is -0.116. The van der Waals surface area contributed by atoms with Crippen molar-refractivity contribution in [3.8, 4) is 0 Å². The van der Waals surface area contributed by atoms with Crippen molar-refractivity contribution >= 4 is 35.1 Å². The number of benzene rings is 1. The van der Waals surface area contributed by atoms with Crippen LogP contribution in [0.25, 0.3) is 0 Å². The molecule has 0 heterocycles. The highest BCUT2D eigenvalue weighted by molar-refractivity contribution is 6.34. The highest BCUT2D eigenvalue weighted by atomic mass is 35.5. The van der Waals surface area contributed by atoms with E-state index < -0.39 is 0 Å². The Bertz CT molecular complexity index is 871. The van der Waals surface area contributed by atoms with Crippen LogP contribution in [-0.4, -0.2) is 50.2 Å². The van der Waals surface area contributed by atoms with Crippen LogP contribution in [0.3, 0.4) is 0 Å². The van der Waals surface area contributed by atoms with Crippen molar-refractivity contribution in [1.29, 1.82) is 0 Å². The first-order valence-corrected chi connectivity index (χ1v) is 12.2. The van der Waals surface area contributed by atoms with Crippen molar-refractivity contribution in [3.05, 3.63) is 28.8 Å². The summed E-state index contributed by atoms with van der Waals surface area (Å²) in [5, 5.41) is 11.8. The summed E-state index contributed by atoms with van der Waals surface area (Å²) in [6.45, 7) is 1.04. The first-order chi connectivity index (χ1) is 15.9. The number of amides is 4. The lowest BCUT2D eigenvalue weighted by atomic mass is 9.53. The second-order valence-electron chi connectivity index (χ2n) is 9.82. The average molecular weight is 477 g/mol. The zero-order valence-corrected chi connectivity index (χ0v) is 19.8. The monoisotopic (exact) mass is 476 g/mol. The van der Waals surface area contributed by atoms with Gasteiger partial charge >= 0.3 is 6.03 Å². The number of hydrogen-bond acceptors (Lipinski definition) is 4. The Morgan fingerprint density at radius 1 is 1.03 bits per heavy atom. The highest BCUT2D eigenvalue weighted by Crippen LogP contribution is 2.55. The van der Waals surface area contributed by atoms with Gasteiger partial charge in [-0.1, -0.05) is 11.6 Å². The van der Waals surface area contributed by atoms with Crippen LogP contribution in [0.2, 0.25) is 5.02 Å². The number of ether oxygens (including phenoxy) is 1. The summed E-state index contributed by atoms with van der Waals surface area (Å²) in [6, 6.07) is 4.55. The molecule has 0 radical (unpaired) electrons. The summed E-state index contributed by atoms with van der Waals surface area (Å²) < 4.78 is 4.90. The van der Waals surface area contributed by atoms with Gasteiger partial charge in [-0.25, -0.2) is 4.79 Å². The Labute approximate surface area is 199 Å². The molecule has 4 bridgehead atoms. The van der Waals surface area contributed by atoms with Crippen molar-refractivity contribution in [3.63, 3.8) is 0 Å². The maximum Gasteiger partial charge on any atom is 0.315 e. The van der Waals surface area contributed by atoms with Gasteiger partial charge in [0.05, 0.1) is 17.2 Å². The van der Waals surface area contributed by atoms with Gasteiger partial charge in [-0.3, -0.25) is 9.59 Å². The van der Waals surface area contributed by atoms with Gasteiger partial charge in [-0.05, 0) is 74.5 Å². The molecule has 4 fully saturated rings. The topological polar surface area (TPSA) is 109 Å². The Kier molecular flexibility index (Phi) is 7.44. The van der Waals surface area contributed by atoms with Crippen molar-refractivity contribution in [2.75, 3.05) is 32.1 Å². The fourth-order valence-electron chi connectivity index (χ4n) is 6.20. The van der Waals surface area contributed by atoms with Crippen LogP contribution >= 0.6 is 11.6 Å². The number of hydrogen-bond donors (Lipinski definition) is 4. The molecule has 180 valence electrons. The van der Waals surface area contributed by atoms with E-state index in [4.69, 9.17) is 16.3 Å². The van der Waals surface area contributed by atoms with Crippen LogP contribution in [0.5, 0.6) is 0 Å². The van der Waals surface area contributed by atoms with E-state index >= 15 is 0 Å². The van der Waals surface area contributed by atoms with Gasteiger partial charge in [-0.15, -0.1) is 0 Å². The number of carbonyl (C=O) groups excluding carboxylic acids is 3. The van der Waals surface area contributed by atoms with Gasteiger partial charge in [0, 0.05) is 37.8 Å². The van der Waals surface area contributed by atoms with Crippen LogP contribution < -0.4 is 21.3 Å². The summed E-state index contributed by atoms with van der Waals surface area (Å²) in [5.74, 6) is 1.74. The van der Waals surface area contributed by atoms with E-state index in [-0.39, 0.29) is 41.4 Å². The molecule has 0 spiro atoms. The Morgan fingerprint density at radius 2 is 1.70 bits per heavy atom. The van der Waals surface area contributed by atoms with Crippen molar-refractivity contribution < 1.29 is 19.1 Å². The Balaban J connectivity index is 1.19. The molecular formula is C24H33ClN4O4. The average Bonchev–Trinajstić information content (AvgIpc) is 2.72. The zero-order valence-electron chi connectivity index (χ0n) is 19.0. The minimum Gasteiger partial charge on any atom is -0.383 e. The van der Waals surface area contributed by atoms with Gasteiger partial charge < -0.3 is 26.0 Å². The summed E-state index contributed by atoms with van der Waals surface area (Å²) in [6.07, 6.45) is 7.39. The number of methoxy groups -OCH3 is 1. The summed E-state index contributed by atoms with van der Waals surface area (Å²) in [4.78, 5) is 36.9. The van der Waals surface area contributed by atoms with Gasteiger partial charge in [0.25, 0.3) is 5.91 Å². The minimum atomic E-state index is -0.302. The van der Waals surface area contributed by atoms with Gasteiger partial charge in [-0.2, -0.15) is 0 Å². The third-order valence-corrected chi connectivity index (χ3v) is 7.46. The molecule has 0 saturated heterocycles. The molecule has 5 rings (SSSR count). The third-order valence-electron chi connectivity index (χ3n) is 7.14. The summed E-state index contributed by atoms with van der Waals surface area (Å²) >= 11 is 6.21. The molecule has 1 aromatic rings. The molecule has 4 amide bonds. The molecule has 0 aliphatic heterocycles. The molecular weight excluding hydrogens is 444 g/mol. The van der Waals surface area contributed by atoms with Crippen LogP contribution in [-0.2, 0) is 9.53 Å². The van der Waals surface area contributed by atoms with Gasteiger partial charge in [0.1, 0.15) is 0 Å². The van der Waals surface area contributed by atoms with E-state index in [2.05, 4.69) is 21.3 Å². The largest absolute Gasteiger partial charge is 0.383 e. The van der Waals surface area contributed by atoms with Crippen LogP contribution in [0, 0.1) is 17.8 Å². The minimum absolute atomic E-state index is 0.0462. The molecule has 0 atom stereocenters. The van der Waals surface area contributed by atoms with Crippen molar-refractivity contribution in [1.82, 2.24) is 16.0 Å².